The first kappa shape index (κ1) is 17.9. The van der Waals surface area contributed by atoms with Gasteiger partial charge in [-0.1, -0.05) is 18.1 Å². The summed E-state index contributed by atoms with van der Waals surface area (Å²) in [6.07, 6.45) is 7.39. The average Bonchev–Trinajstić information content (AvgIpc) is 3.28. The number of nitrogens with zero attached hydrogens (tertiary/aromatic N) is 4. The Morgan fingerprint density at radius 2 is 2.07 bits per heavy atom. The fourth-order valence-electron chi connectivity index (χ4n) is 3.94. The smallest absolute Gasteiger partial charge is 0.222 e. The van der Waals surface area contributed by atoms with Crippen LogP contribution in [0.2, 0.25) is 0 Å². The maximum atomic E-state index is 14.0. The van der Waals surface area contributed by atoms with Gasteiger partial charge in [0.2, 0.25) is 5.91 Å². The zero-order valence-electron chi connectivity index (χ0n) is 15.6. The van der Waals surface area contributed by atoms with Crippen LogP contribution in [0.15, 0.2) is 24.4 Å². The lowest BCUT2D eigenvalue weighted by Crippen LogP contribution is -2.51. The van der Waals surface area contributed by atoms with Crippen LogP contribution in [0.4, 0.5) is 4.39 Å². The van der Waals surface area contributed by atoms with Crippen molar-refractivity contribution in [3.63, 3.8) is 0 Å². The molecule has 27 heavy (non-hydrogen) atoms. The fourth-order valence-corrected chi connectivity index (χ4v) is 3.94. The number of benzene rings is 1. The monoisotopic (exact) mass is 372 g/mol. The normalized spacial score (nSPS) is 17.9. The summed E-state index contributed by atoms with van der Waals surface area (Å²) in [5, 5.41) is 8.34. The predicted molar refractivity (Wildman–Crippen MR) is 98.8 cm³/mol. The van der Waals surface area contributed by atoms with Gasteiger partial charge in [-0.2, -0.15) is 0 Å². The Kier molecular flexibility index (Phi) is 5.09. The van der Waals surface area contributed by atoms with E-state index in [1.165, 1.54) is 31.7 Å². The highest BCUT2D eigenvalue weighted by Crippen LogP contribution is 2.31. The van der Waals surface area contributed by atoms with Crippen LogP contribution < -0.4 is 4.74 Å². The molecule has 2 fully saturated rings. The summed E-state index contributed by atoms with van der Waals surface area (Å²) in [6.45, 7) is 3.58. The molecule has 1 saturated carbocycles. The molecule has 0 unspecified atom stereocenters. The molecule has 2 aliphatic rings. The van der Waals surface area contributed by atoms with E-state index >= 15 is 0 Å². The first-order valence-corrected chi connectivity index (χ1v) is 9.76. The molecule has 0 atom stereocenters. The molecular weight excluding hydrogens is 347 g/mol. The van der Waals surface area contributed by atoms with Crippen LogP contribution >= 0.6 is 0 Å². The number of likely N-dealkylation sites (tertiary alicyclic amines) is 1. The molecule has 1 aromatic carbocycles. The van der Waals surface area contributed by atoms with Gasteiger partial charge >= 0.3 is 0 Å². The maximum Gasteiger partial charge on any atom is 0.222 e. The van der Waals surface area contributed by atoms with E-state index in [1.807, 2.05) is 18.0 Å². The van der Waals surface area contributed by atoms with E-state index in [4.69, 9.17) is 4.74 Å². The van der Waals surface area contributed by atoms with Gasteiger partial charge in [-0.3, -0.25) is 4.79 Å². The molecule has 0 radical (unpaired) electrons. The van der Waals surface area contributed by atoms with E-state index < -0.39 is 5.82 Å². The van der Waals surface area contributed by atoms with Gasteiger partial charge in [0.25, 0.3) is 0 Å². The highest BCUT2D eigenvalue weighted by Gasteiger charge is 2.34. The minimum atomic E-state index is -0.406. The average molecular weight is 372 g/mol. The third kappa shape index (κ3) is 3.82. The summed E-state index contributed by atoms with van der Waals surface area (Å²) >= 11 is 0. The van der Waals surface area contributed by atoms with Crippen molar-refractivity contribution in [3.05, 3.63) is 30.2 Å². The van der Waals surface area contributed by atoms with Gasteiger partial charge in [0.05, 0.1) is 18.8 Å². The molecule has 4 rings (SSSR count). The van der Waals surface area contributed by atoms with Gasteiger partial charge in [-0.25, -0.2) is 9.07 Å². The second-order valence-corrected chi connectivity index (χ2v) is 7.47. The van der Waals surface area contributed by atoms with E-state index in [-0.39, 0.29) is 17.7 Å². The summed E-state index contributed by atoms with van der Waals surface area (Å²) in [5.74, 6) is 0.663. The molecule has 0 spiro atoms. The molecule has 144 valence electrons. The first-order valence-electron chi connectivity index (χ1n) is 9.76. The molecule has 1 aromatic heterocycles. The zero-order valence-corrected chi connectivity index (χ0v) is 15.6. The van der Waals surface area contributed by atoms with Crippen molar-refractivity contribution >= 4 is 5.91 Å². The summed E-state index contributed by atoms with van der Waals surface area (Å²) in [6, 6.07) is 4.95. The lowest BCUT2D eigenvalue weighted by atomic mass is 10.0. The van der Waals surface area contributed by atoms with Crippen LogP contribution in [0.1, 0.15) is 45.1 Å². The second-order valence-electron chi connectivity index (χ2n) is 7.47. The number of hydrogen-bond donors (Lipinski definition) is 0. The van der Waals surface area contributed by atoms with Gasteiger partial charge in [-0.05, 0) is 43.9 Å². The number of rotatable bonds is 6. The van der Waals surface area contributed by atoms with E-state index in [2.05, 4.69) is 10.3 Å². The van der Waals surface area contributed by atoms with Gasteiger partial charge in [0, 0.05) is 25.1 Å². The lowest BCUT2D eigenvalue weighted by molar-refractivity contribution is -0.138. The number of amides is 1. The Morgan fingerprint density at radius 1 is 1.30 bits per heavy atom. The molecule has 2 aromatic rings. The highest BCUT2D eigenvalue weighted by atomic mass is 19.1. The van der Waals surface area contributed by atoms with Gasteiger partial charge in [0.1, 0.15) is 5.69 Å². The molecule has 0 bridgehead atoms. The largest absolute Gasteiger partial charge is 0.491 e. The van der Waals surface area contributed by atoms with Crippen molar-refractivity contribution in [2.45, 2.75) is 45.1 Å². The second kappa shape index (κ2) is 7.66. The SMILES string of the molecule is CCOc1ccc(-c2cn(C3CN(C(=O)CC4CCCC4)C3)nn2)cc1F. The van der Waals surface area contributed by atoms with Crippen molar-refractivity contribution in [3.8, 4) is 17.0 Å². The maximum absolute atomic E-state index is 14.0. The number of carbonyl (C=O) groups is 1. The van der Waals surface area contributed by atoms with Gasteiger partial charge < -0.3 is 9.64 Å². The highest BCUT2D eigenvalue weighted by molar-refractivity contribution is 5.77. The van der Waals surface area contributed by atoms with Crippen molar-refractivity contribution < 1.29 is 13.9 Å². The van der Waals surface area contributed by atoms with Crippen LogP contribution in [0, 0.1) is 11.7 Å². The number of hydrogen-bond acceptors (Lipinski definition) is 4. The lowest BCUT2D eigenvalue weighted by Gasteiger charge is -2.39. The van der Waals surface area contributed by atoms with Crippen LogP contribution in [0.3, 0.4) is 0 Å². The van der Waals surface area contributed by atoms with Crippen molar-refractivity contribution in [2.75, 3.05) is 19.7 Å². The van der Waals surface area contributed by atoms with Crippen LogP contribution in [0.25, 0.3) is 11.3 Å². The zero-order chi connectivity index (χ0) is 18.8. The van der Waals surface area contributed by atoms with Crippen LogP contribution in [-0.4, -0.2) is 45.5 Å². The number of carbonyl (C=O) groups excluding carboxylic acids is 1. The number of aromatic nitrogens is 3. The summed E-state index contributed by atoms with van der Waals surface area (Å²) in [4.78, 5) is 14.2. The molecule has 1 aliphatic heterocycles. The number of halogens is 1. The summed E-state index contributed by atoms with van der Waals surface area (Å²) in [7, 11) is 0. The third-order valence-electron chi connectivity index (χ3n) is 5.56. The van der Waals surface area contributed by atoms with Crippen molar-refractivity contribution in [1.29, 1.82) is 0 Å². The Labute approximate surface area is 158 Å². The van der Waals surface area contributed by atoms with E-state index in [0.717, 1.165) is 0 Å². The Balaban J connectivity index is 1.35. The van der Waals surface area contributed by atoms with Gasteiger partial charge in [0.15, 0.2) is 11.6 Å². The predicted octanol–water partition coefficient (Wildman–Crippen LogP) is 3.45. The Bertz CT molecular complexity index is 810. The van der Waals surface area contributed by atoms with Gasteiger partial charge in [-0.15, -0.1) is 5.10 Å². The minimum Gasteiger partial charge on any atom is -0.491 e. The molecule has 1 saturated heterocycles. The standard InChI is InChI=1S/C20H25FN4O2/c1-2-27-19-8-7-15(10-17(19)21)18-13-25(23-22-18)16-11-24(12-16)20(26)9-14-5-3-4-6-14/h7-8,10,13-14,16H,2-6,9,11-12H2,1H3. The first-order chi connectivity index (χ1) is 13.1. The molecule has 6 nitrogen and oxygen atoms in total. The van der Waals surface area contributed by atoms with Crippen molar-refractivity contribution in [1.82, 2.24) is 19.9 Å². The van der Waals surface area contributed by atoms with Crippen LogP contribution in [-0.2, 0) is 4.79 Å². The van der Waals surface area contributed by atoms with Crippen LogP contribution in [0.5, 0.6) is 5.75 Å². The molecule has 1 aliphatic carbocycles. The summed E-state index contributed by atoms with van der Waals surface area (Å²) < 4.78 is 21.1. The number of ether oxygens (including phenoxy) is 1. The van der Waals surface area contributed by atoms with E-state index in [1.54, 1.807) is 16.8 Å². The quantitative estimate of drug-likeness (QED) is 0.779. The third-order valence-corrected chi connectivity index (χ3v) is 5.56. The fraction of sp³-hybridized carbons (Fsp3) is 0.550. The molecule has 7 heteroatoms. The Morgan fingerprint density at radius 3 is 2.78 bits per heavy atom. The van der Waals surface area contributed by atoms with Crippen molar-refractivity contribution in [2.24, 2.45) is 5.92 Å². The topological polar surface area (TPSA) is 60.2 Å². The van der Waals surface area contributed by atoms with E-state index in [9.17, 15) is 9.18 Å². The summed E-state index contributed by atoms with van der Waals surface area (Å²) in [5.41, 5.74) is 1.28. The molecule has 2 heterocycles. The minimum absolute atomic E-state index is 0.145. The van der Waals surface area contributed by atoms with E-state index in [0.29, 0.717) is 43.3 Å². The Hall–Kier alpha value is -2.44. The molecule has 1 amide bonds. The molecular formula is C20H25FN4O2. The molecule has 0 N–H and O–H groups in total.